The summed E-state index contributed by atoms with van der Waals surface area (Å²) in [6.45, 7) is 3.68. The van der Waals surface area contributed by atoms with E-state index in [1.54, 1.807) is 24.3 Å². The molecule has 0 fully saturated rings. The molecule has 0 aliphatic carbocycles. The minimum absolute atomic E-state index is 0.121. The van der Waals surface area contributed by atoms with Crippen molar-refractivity contribution in [2.75, 3.05) is 37.2 Å². The Hall–Kier alpha value is -3.28. The van der Waals surface area contributed by atoms with Gasteiger partial charge in [-0.2, -0.15) is 5.10 Å². The van der Waals surface area contributed by atoms with Crippen molar-refractivity contribution < 1.29 is 12.8 Å². The molecule has 2 aromatic heterocycles. The van der Waals surface area contributed by atoms with Crippen molar-refractivity contribution in [2.45, 2.75) is 24.7 Å². The van der Waals surface area contributed by atoms with Crippen molar-refractivity contribution in [1.29, 1.82) is 0 Å². The van der Waals surface area contributed by atoms with Gasteiger partial charge < -0.3 is 10.2 Å². The van der Waals surface area contributed by atoms with Gasteiger partial charge in [0, 0.05) is 28.5 Å². The van der Waals surface area contributed by atoms with Crippen LogP contribution in [0.4, 0.5) is 15.9 Å². The quantitative estimate of drug-likeness (QED) is 0.254. The van der Waals surface area contributed by atoms with Gasteiger partial charge in [0.15, 0.2) is 11.5 Å². The molecular formula is C24H27ClFN7O2S. The number of H-pyrrole nitrogens is 1. The molecule has 0 radical (unpaired) electrons. The predicted octanol–water partition coefficient (Wildman–Crippen LogP) is 4.68. The molecule has 0 unspecified atom stereocenters. The highest BCUT2D eigenvalue weighted by atomic mass is 35.5. The van der Waals surface area contributed by atoms with Crippen LogP contribution in [0.2, 0.25) is 5.02 Å². The normalized spacial score (nSPS) is 11.8. The molecule has 0 spiro atoms. The first kappa shape index (κ1) is 25.8. The monoisotopic (exact) mass is 531 g/mol. The van der Waals surface area contributed by atoms with E-state index < -0.39 is 20.7 Å². The van der Waals surface area contributed by atoms with Gasteiger partial charge in [-0.05, 0) is 82.9 Å². The Balaban J connectivity index is 1.55. The number of anilines is 2. The van der Waals surface area contributed by atoms with Crippen LogP contribution in [0.25, 0.3) is 22.4 Å². The first-order valence-corrected chi connectivity index (χ1v) is 13.2. The zero-order valence-corrected chi connectivity index (χ0v) is 21.7. The van der Waals surface area contributed by atoms with Crippen LogP contribution in [-0.2, 0) is 10.0 Å². The molecule has 190 valence electrons. The number of hydrogen-bond donors (Lipinski definition) is 3. The molecule has 2 heterocycles. The molecule has 4 aromatic rings. The summed E-state index contributed by atoms with van der Waals surface area (Å²) in [6.07, 6.45) is 2.04. The van der Waals surface area contributed by atoms with Crippen LogP contribution in [0.1, 0.15) is 18.5 Å². The molecule has 12 heteroatoms. The van der Waals surface area contributed by atoms with Gasteiger partial charge in [-0.15, -0.1) is 0 Å². The number of rotatable bonds is 10. The summed E-state index contributed by atoms with van der Waals surface area (Å²) in [5.41, 5.74) is 2.33. The third kappa shape index (κ3) is 5.92. The van der Waals surface area contributed by atoms with Crippen molar-refractivity contribution in [3.8, 4) is 11.4 Å². The number of unbranched alkanes of at least 4 members (excludes halogenated alkanes) is 1. The number of sulfonamides is 1. The summed E-state index contributed by atoms with van der Waals surface area (Å²) < 4.78 is 41.7. The maximum atomic E-state index is 14.1. The molecule has 0 atom stereocenters. The lowest BCUT2D eigenvalue weighted by molar-refractivity contribution is 0.396. The number of nitrogens with one attached hydrogen (secondary N) is 3. The van der Waals surface area contributed by atoms with Gasteiger partial charge in [0.05, 0.1) is 5.39 Å². The van der Waals surface area contributed by atoms with Crippen LogP contribution < -0.4 is 10.0 Å². The number of halogens is 2. The molecule has 0 bridgehead atoms. The summed E-state index contributed by atoms with van der Waals surface area (Å²) in [6, 6.07) is 9.87. The minimum Gasteiger partial charge on any atom is -0.369 e. The highest BCUT2D eigenvalue weighted by molar-refractivity contribution is 7.92. The summed E-state index contributed by atoms with van der Waals surface area (Å²) in [7, 11) is -0.0654. The molecule has 0 saturated heterocycles. The molecule has 2 aromatic carbocycles. The lowest BCUT2D eigenvalue weighted by Gasteiger charge is -2.12. The maximum absolute atomic E-state index is 14.1. The molecule has 3 N–H and O–H groups in total. The van der Waals surface area contributed by atoms with Crippen LogP contribution >= 0.6 is 11.6 Å². The zero-order valence-electron chi connectivity index (χ0n) is 20.1. The Bertz CT molecular complexity index is 1470. The number of aromatic nitrogens is 4. The Morgan fingerprint density at radius 2 is 1.83 bits per heavy atom. The molecule has 9 nitrogen and oxygen atoms in total. The van der Waals surface area contributed by atoms with E-state index in [2.05, 4.69) is 30.1 Å². The van der Waals surface area contributed by atoms with Gasteiger partial charge in [0.2, 0.25) is 0 Å². The smallest absolute Gasteiger partial charge is 0.264 e. The topological polar surface area (TPSA) is 116 Å². The lowest BCUT2D eigenvalue weighted by atomic mass is 10.2. The molecule has 0 amide bonds. The van der Waals surface area contributed by atoms with Crippen LogP contribution in [0, 0.1) is 12.7 Å². The number of aromatic amines is 1. The van der Waals surface area contributed by atoms with E-state index in [9.17, 15) is 12.8 Å². The van der Waals surface area contributed by atoms with Gasteiger partial charge in [0.25, 0.3) is 10.0 Å². The van der Waals surface area contributed by atoms with Gasteiger partial charge in [0.1, 0.15) is 16.5 Å². The molecule has 0 aliphatic rings. The number of nitrogens with zero attached hydrogens (tertiary/aromatic N) is 4. The maximum Gasteiger partial charge on any atom is 0.264 e. The van der Waals surface area contributed by atoms with Gasteiger partial charge in [-0.1, -0.05) is 11.6 Å². The average Bonchev–Trinajstić information content (AvgIpc) is 3.21. The Kier molecular flexibility index (Phi) is 7.72. The lowest BCUT2D eigenvalue weighted by Crippen LogP contribution is -2.14. The zero-order chi connectivity index (χ0) is 25.9. The Morgan fingerprint density at radius 1 is 1.08 bits per heavy atom. The van der Waals surface area contributed by atoms with E-state index in [4.69, 9.17) is 16.6 Å². The van der Waals surface area contributed by atoms with E-state index in [-0.39, 0.29) is 10.7 Å². The average molecular weight is 532 g/mol. The summed E-state index contributed by atoms with van der Waals surface area (Å²) in [5, 5.41) is 11.6. The van der Waals surface area contributed by atoms with Crippen molar-refractivity contribution in [2.24, 2.45) is 0 Å². The summed E-state index contributed by atoms with van der Waals surface area (Å²) in [4.78, 5) is 10.9. The second kappa shape index (κ2) is 10.8. The SMILES string of the molecule is Cc1[nH]nc2nc(-c3ccc(NS(=O)(=O)c4cc(Cl)ccc4F)cc3)nc(NCCCCN(C)C)c12. The molecule has 0 saturated carbocycles. The number of hydrogen-bond acceptors (Lipinski definition) is 7. The Morgan fingerprint density at radius 3 is 2.56 bits per heavy atom. The first-order chi connectivity index (χ1) is 17.1. The fourth-order valence-electron chi connectivity index (χ4n) is 3.67. The van der Waals surface area contributed by atoms with Crippen molar-refractivity contribution in [1.82, 2.24) is 25.1 Å². The fourth-order valence-corrected chi connectivity index (χ4v) is 5.07. The second-order valence-corrected chi connectivity index (χ2v) is 10.7. The van der Waals surface area contributed by atoms with Crippen LogP contribution in [0.5, 0.6) is 0 Å². The second-order valence-electron chi connectivity index (χ2n) is 8.64. The third-order valence-corrected chi connectivity index (χ3v) is 7.13. The number of aryl methyl sites for hydroxylation is 1. The largest absolute Gasteiger partial charge is 0.369 e. The van der Waals surface area contributed by atoms with Crippen LogP contribution in [0.15, 0.2) is 47.4 Å². The molecule has 36 heavy (non-hydrogen) atoms. The minimum atomic E-state index is -4.17. The van der Waals surface area contributed by atoms with Crippen LogP contribution in [0.3, 0.4) is 0 Å². The number of benzene rings is 2. The predicted molar refractivity (Wildman–Crippen MR) is 140 cm³/mol. The first-order valence-electron chi connectivity index (χ1n) is 11.3. The third-order valence-electron chi connectivity index (χ3n) is 5.50. The molecule has 4 rings (SSSR count). The van der Waals surface area contributed by atoms with Gasteiger partial charge >= 0.3 is 0 Å². The van der Waals surface area contributed by atoms with E-state index in [1.165, 1.54) is 6.07 Å². The van der Waals surface area contributed by atoms with Gasteiger partial charge in [-0.25, -0.2) is 22.8 Å². The van der Waals surface area contributed by atoms with E-state index in [0.29, 0.717) is 22.9 Å². The van der Waals surface area contributed by atoms with Crippen molar-refractivity contribution in [3.63, 3.8) is 0 Å². The summed E-state index contributed by atoms with van der Waals surface area (Å²) >= 11 is 5.84. The van der Waals surface area contributed by atoms with Crippen molar-refractivity contribution >= 4 is 44.2 Å². The molecule has 0 aliphatic heterocycles. The number of fused-ring (bicyclic) bond motifs is 1. The van der Waals surface area contributed by atoms with Gasteiger partial charge in [-0.3, -0.25) is 9.82 Å². The van der Waals surface area contributed by atoms with Crippen molar-refractivity contribution in [3.05, 3.63) is 59.0 Å². The van der Waals surface area contributed by atoms with E-state index >= 15 is 0 Å². The summed E-state index contributed by atoms with van der Waals surface area (Å²) in [5.74, 6) is 0.244. The highest BCUT2D eigenvalue weighted by Crippen LogP contribution is 2.28. The van der Waals surface area contributed by atoms with E-state index in [1.807, 2.05) is 21.0 Å². The van der Waals surface area contributed by atoms with E-state index in [0.717, 1.165) is 49.1 Å². The highest BCUT2D eigenvalue weighted by Gasteiger charge is 2.20. The standard InChI is InChI=1S/C24H27ClFN7O2S/c1-15-21-23(27-12-4-5-13-33(2)3)28-22(29-24(21)31-30-15)16-6-9-18(10-7-16)32-36(34,35)20-14-17(25)8-11-19(20)26/h6-11,14,32H,4-5,12-13H2,1-3H3,(H2,27,28,29,30,31). The molecular weight excluding hydrogens is 505 g/mol. The van der Waals surface area contributed by atoms with Crippen LogP contribution in [-0.4, -0.2) is 60.7 Å². The Labute approximate surface area is 214 Å². The fraction of sp³-hybridized carbons (Fsp3) is 0.292.